The first-order chi connectivity index (χ1) is 9.74. The van der Waals surface area contributed by atoms with E-state index in [1.54, 1.807) is 4.90 Å². The Hall–Kier alpha value is -1.10. The molecule has 0 aromatic rings. The molecule has 0 bridgehead atoms. The minimum absolute atomic E-state index is 0.144. The van der Waals surface area contributed by atoms with Gasteiger partial charge in [0.25, 0.3) is 0 Å². The van der Waals surface area contributed by atoms with Gasteiger partial charge >= 0.3 is 0 Å². The molecule has 0 saturated carbocycles. The molecule has 2 aliphatic rings. The Morgan fingerprint density at radius 1 is 1.20 bits per heavy atom. The highest BCUT2D eigenvalue weighted by Crippen LogP contribution is 2.22. The predicted molar refractivity (Wildman–Crippen MR) is 76.3 cm³/mol. The second-order valence-corrected chi connectivity index (χ2v) is 5.64. The second-order valence-electron chi connectivity index (χ2n) is 5.64. The smallest absolute Gasteiger partial charge is 0.245 e. The summed E-state index contributed by atoms with van der Waals surface area (Å²) in [4.78, 5) is 28.3. The van der Waals surface area contributed by atoms with Crippen LogP contribution in [0.5, 0.6) is 0 Å². The Morgan fingerprint density at radius 2 is 2.05 bits per heavy atom. The number of hydrogen-bond donors (Lipinski definition) is 0. The molecule has 0 N–H and O–H groups in total. The lowest BCUT2D eigenvalue weighted by Crippen LogP contribution is -2.49. The summed E-state index contributed by atoms with van der Waals surface area (Å²) >= 11 is 0. The van der Waals surface area contributed by atoms with E-state index in [4.69, 9.17) is 4.74 Å². The van der Waals surface area contributed by atoms with Gasteiger partial charge in [-0.15, -0.1) is 0 Å². The molecular formula is C15H26N2O3. The average molecular weight is 282 g/mol. The van der Waals surface area contributed by atoms with Gasteiger partial charge in [-0.2, -0.15) is 0 Å². The highest BCUT2D eigenvalue weighted by molar-refractivity contribution is 5.90. The number of hydrogen-bond acceptors (Lipinski definition) is 3. The normalized spacial score (nSPS) is 23.8. The Bertz CT molecular complexity index is 346. The molecule has 5 nitrogen and oxygen atoms in total. The van der Waals surface area contributed by atoms with Crippen molar-refractivity contribution in [3.8, 4) is 0 Å². The first-order valence-electron chi connectivity index (χ1n) is 7.90. The summed E-state index contributed by atoms with van der Waals surface area (Å²) in [7, 11) is 0. The van der Waals surface area contributed by atoms with E-state index in [9.17, 15) is 9.59 Å². The quantitative estimate of drug-likeness (QED) is 0.692. The number of carbonyl (C=O) groups is 2. The minimum Gasteiger partial charge on any atom is -0.381 e. The lowest BCUT2D eigenvalue weighted by molar-refractivity contribution is -0.143. The van der Waals surface area contributed by atoms with E-state index in [0.717, 1.165) is 45.3 Å². The minimum atomic E-state index is -0.199. The van der Waals surface area contributed by atoms with Gasteiger partial charge in [-0.05, 0) is 32.1 Å². The molecule has 2 rings (SSSR count). The van der Waals surface area contributed by atoms with Crippen molar-refractivity contribution in [1.29, 1.82) is 0 Å². The molecule has 2 amide bonds. The molecule has 2 fully saturated rings. The molecule has 2 aliphatic heterocycles. The summed E-state index contributed by atoms with van der Waals surface area (Å²) in [6, 6.07) is -0.199. The van der Waals surface area contributed by atoms with Gasteiger partial charge in [-0.1, -0.05) is 6.92 Å². The van der Waals surface area contributed by atoms with Crippen LogP contribution in [-0.2, 0) is 14.3 Å². The van der Waals surface area contributed by atoms with Crippen LogP contribution in [-0.4, -0.2) is 60.5 Å². The van der Waals surface area contributed by atoms with Crippen LogP contribution in [0.2, 0.25) is 0 Å². The SMILES string of the molecule is CCCOCCCN1CCC(=O)N2CCCCC2C1=O. The van der Waals surface area contributed by atoms with Crippen LogP contribution in [0.15, 0.2) is 0 Å². The molecule has 114 valence electrons. The van der Waals surface area contributed by atoms with Crippen molar-refractivity contribution in [2.45, 2.75) is 51.5 Å². The van der Waals surface area contributed by atoms with Crippen molar-refractivity contribution < 1.29 is 14.3 Å². The largest absolute Gasteiger partial charge is 0.381 e. The third-order valence-electron chi connectivity index (χ3n) is 4.08. The standard InChI is InChI=1S/C15H26N2O3/c1-2-11-20-12-5-8-16-10-7-14(18)17-9-4-3-6-13(17)15(16)19/h13H,2-12H2,1H3. The predicted octanol–water partition coefficient (Wildman–Crippen LogP) is 1.42. The van der Waals surface area contributed by atoms with Crippen LogP contribution in [0.25, 0.3) is 0 Å². The summed E-state index contributed by atoms with van der Waals surface area (Å²) in [6.45, 7) is 5.59. The van der Waals surface area contributed by atoms with Gasteiger partial charge in [-0.25, -0.2) is 0 Å². The zero-order valence-corrected chi connectivity index (χ0v) is 12.5. The molecule has 0 spiro atoms. The van der Waals surface area contributed by atoms with E-state index >= 15 is 0 Å². The molecule has 5 heteroatoms. The van der Waals surface area contributed by atoms with Gasteiger partial charge in [0.1, 0.15) is 6.04 Å². The molecule has 0 aromatic carbocycles. The molecular weight excluding hydrogens is 256 g/mol. The summed E-state index contributed by atoms with van der Waals surface area (Å²) in [5.41, 5.74) is 0. The number of rotatable bonds is 6. The van der Waals surface area contributed by atoms with E-state index in [-0.39, 0.29) is 17.9 Å². The Balaban J connectivity index is 1.86. The molecule has 0 radical (unpaired) electrons. The van der Waals surface area contributed by atoms with Crippen molar-refractivity contribution in [1.82, 2.24) is 9.80 Å². The fraction of sp³-hybridized carbons (Fsp3) is 0.867. The number of ether oxygens (including phenoxy) is 1. The van der Waals surface area contributed by atoms with Gasteiger partial charge in [0.15, 0.2) is 0 Å². The number of carbonyl (C=O) groups excluding carboxylic acids is 2. The monoisotopic (exact) mass is 282 g/mol. The Morgan fingerprint density at radius 3 is 2.85 bits per heavy atom. The van der Waals surface area contributed by atoms with Crippen molar-refractivity contribution in [3.63, 3.8) is 0 Å². The van der Waals surface area contributed by atoms with E-state index in [0.29, 0.717) is 26.1 Å². The molecule has 2 saturated heterocycles. The zero-order chi connectivity index (χ0) is 14.4. The fourth-order valence-electron chi connectivity index (χ4n) is 3.01. The summed E-state index contributed by atoms with van der Waals surface area (Å²) in [5.74, 6) is 0.291. The van der Waals surface area contributed by atoms with Crippen molar-refractivity contribution in [2.24, 2.45) is 0 Å². The van der Waals surface area contributed by atoms with Crippen LogP contribution < -0.4 is 0 Å². The topological polar surface area (TPSA) is 49.9 Å². The lowest BCUT2D eigenvalue weighted by Gasteiger charge is -2.34. The van der Waals surface area contributed by atoms with E-state index in [1.807, 2.05) is 4.90 Å². The van der Waals surface area contributed by atoms with Crippen LogP contribution in [0.4, 0.5) is 0 Å². The van der Waals surface area contributed by atoms with Crippen LogP contribution in [0.3, 0.4) is 0 Å². The summed E-state index contributed by atoms with van der Waals surface area (Å²) in [6.07, 6.45) is 5.25. The Kier molecular flexibility index (Phi) is 5.83. The van der Waals surface area contributed by atoms with Crippen molar-refractivity contribution in [3.05, 3.63) is 0 Å². The van der Waals surface area contributed by atoms with E-state index in [2.05, 4.69) is 6.92 Å². The van der Waals surface area contributed by atoms with Crippen molar-refractivity contribution >= 4 is 11.8 Å². The molecule has 0 aromatic heterocycles. The van der Waals surface area contributed by atoms with Gasteiger partial charge in [0, 0.05) is 39.3 Å². The van der Waals surface area contributed by atoms with Gasteiger partial charge in [0.2, 0.25) is 11.8 Å². The van der Waals surface area contributed by atoms with E-state index in [1.165, 1.54) is 0 Å². The molecule has 20 heavy (non-hydrogen) atoms. The summed E-state index contributed by atoms with van der Waals surface area (Å²) in [5, 5.41) is 0. The maximum Gasteiger partial charge on any atom is 0.245 e. The van der Waals surface area contributed by atoms with Crippen LogP contribution >= 0.6 is 0 Å². The highest BCUT2D eigenvalue weighted by Gasteiger charge is 2.37. The van der Waals surface area contributed by atoms with E-state index < -0.39 is 0 Å². The molecule has 1 atom stereocenters. The van der Waals surface area contributed by atoms with Gasteiger partial charge < -0.3 is 14.5 Å². The first kappa shape index (κ1) is 15.3. The van der Waals surface area contributed by atoms with Crippen molar-refractivity contribution in [2.75, 3.05) is 32.8 Å². The van der Waals surface area contributed by atoms with Gasteiger partial charge in [-0.3, -0.25) is 9.59 Å². The maximum atomic E-state index is 12.5. The van der Waals surface area contributed by atoms with Crippen LogP contribution in [0.1, 0.15) is 45.4 Å². The number of nitrogens with zero attached hydrogens (tertiary/aromatic N) is 2. The zero-order valence-electron chi connectivity index (χ0n) is 12.5. The fourth-order valence-corrected chi connectivity index (χ4v) is 3.01. The number of piperidine rings is 1. The maximum absolute atomic E-state index is 12.5. The average Bonchev–Trinajstić information content (AvgIpc) is 2.59. The van der Waals surface area contributed by atoms with Crippen LogP contribution in [0, 0.1) is 0 Å². The third kappa shape index (κ3) is 3.72. The molecule has 0 aliphatic carbocycles. The van der Waals surface area contributed by atoms with Gasteiger partial charge in [0.05, 0.1) is 0 Å². The molecule has 1 unspecified atom stereocenters. The summed E-state index contributed by atoms with van der Waals surface area (Å²) < 4.78 is 5.45. The third-order valence-corrected chi connectivity index (χ3v) is 4.08. The highest BCUT2D eigenvalue weighted by atomic mass is 16.5. The number of amides is 2. The first-order valence-corrected chi connectivity index (χ1v) is 7.90. The Labute approximate surface area is 121 Å². The lowest BCUT2D eigenvalue weighted by atomic mass is 10.0. The second kappa shape index (κ2) is 7.62. The molecule has 2 heterocycles. The number of fused-ring (bicyclic) bond motifs is 1.